The summed E-state index contributed by atoms with van der Waals surface area (Å²) >= 11 is 6.77. The quantitative estimate of drug-likeness (QED) is 0.340. The van der Waals surface area contributed by atoms with Crippen molar-refractivity contribution in [3.8, 4) is 0 Å². The van der Waals surface area contributed by atoms with E-state index < -0.39 is 0 Å². The van der Waals surface area contributed by atoms with Gasteiger partial charge in [0.05, 0.1) is 5.56 Å². The molecule has 0 unspecified atom stereocenters. The second-order valence-electron chi connectivity index (χ2n) is 5.92. The summed E-state index contributed by atoms with van der Waals surface area (Å²) in [5, 5.41) is 0. The highest BCUT2D eigenvalue weighted by Gasteiger charge is 2.30. The molecule has 0 aromatic heterocycles. The van der Waals surface area contributed by atoms with E-state index in [2.05, 4.69) is 50.9 Å². The van der Waals surface area contributed by atoms with Crippen LogP contribution in [-0.2, 0) is 0 Å². The molecule has 2 N–H and O–H groups in total. The second-order valence-corrected chi connectivity index (χ2v) is 7.75. The summed E-state index contributed by atoms with van der Waals surface area (Å²) in [5.41, 5.74) is 9.01. The fourth-order valence-electron chi connectivity index (χ4n) is 2.86. The topological polar surface area (TPSA) is 60.2 Å². The molecular formula is C21H15Br2NO2. The van der Waals surface area contributed by atoms with Gasteiger partial charge < -0.3 is 5.73 Å². The molecule has 0 fully saturated rings. The van der Waals surface area contributed by atoms with Crippen LogP contribution in [0.2, 0.25) is 0 Å². The first-order chi connectivity index (χ1) is 12.4. The Kier molecular flexibility index (Phi) is 5.39. The maximum atomic E-state index is 12.2. The molecule has 3 nitrogen and oxygen atoms in total. The largest absolute Gasteiger partial charge is 0.398 e. The summed E-state index contributed by atoms with van der Waals surface area (Å²) in [6.07, 6.45) is 0. The molecule has 0 spiro atoms. The molecule has 1 aliphatic rings. The normalized spacial score (nSPS) is 12.0. The van der Waals surface area contributed by atoms with Gasteiger partial charge in [0.25, 0.3) is 0 Å². The maximum Gasteiger partial charge on any atom is 0.196 e. The first-order valence-corrected chi connectivity index (χ1v) is 9.46. The van der Waals surface area contributed by atoms with Gasteiger partial charge in [-0.3, -0.25) is 9.59 Å². The number of hydrogen-bond donors (Lipinski definition) is 1. The minimum absolute atomic E-state index is 0.137. The van der Waals surface area contributed by atoms with E-state index in [0.717, 1.165) is 8.95 Å². The molecule has 26 heavy (non-hydrogen) atoms. The Labute approximate surface area is 168 Å². The van der Waals surface area contributed by atoms with Crippen LogP contribution < -0.4 is 5.73 Å². The van der Waals surface area contributed by atoms with E-state index in [1.807, 2.05) is 6.07 Å². The Morgan fingerprint density at radius 1 is 0.731 bits per heavy atom. The van der Waals surface area contributed by atoms with Gasteiger partial charge in [0, 0.05) is 31.3 Å². The Morgan fingerprint density at radius 3 is 1.85 bits per heavy atom. The predicted octanol–water partition coefficient (Wildman–Crippen LogP) is 5.56. The second kappa shape index (κ2) is 7.56. The average molecular weight is 473 g/mol. The molecule has 5 heteroatoms. The summed E-state index contributed by atoms with van der Waals surface area (Å²) in [6, 6.07) is 18.0. The van der Waals surface area contributed by atoms with E-state index in [0.29, 0.717) is 27.9 Å². The van der Waals surface area contributed by atoms with Crippen molar-refractivity contribution < 1.29 is 9.59 Å². The van der Waals surface area contributed by atoms with Gasteiger partial charge >= 0.3 is 0 Å². The zero-order valence-corrected chi connectivity index (χ0v) is 17.1. The third-order valence-electron chi connectivity index (χ3n) is 3.99. The van der Waals surface area contributed by atoms with Gasteiger partial charge in [0.1, 0.15) is 0 Å². The first kappa shape index (κ1) is 18.5. The number of nitrogen functional groups attached to an aromatic ring is 1. The number of rotatable bonds is 0. The van der Waals surface area contributed by atoms with Gasteiger partial charge in [-0.2, -0.15) is 0 Å². The van der Waals surface area contributed by atoms with E-state index in [9.17, 15) is 9.59 Å². The third kappa shape index (κ3) is 3.64. The van der Waals surface area contributed by atoms with Crippen molar-refractivity contribution >= 4 is 49.1 Å². The van der Waals surface area contributed by atoms with Crippen molar-refractivity contribution in [1.82, 2.24) is 0 Å². The Morgan fingerprint density at radius 2 is 1.27 bits per heavy atom. The summed E-state index contributed by atoms with van der Waals surface area (Å²) < 4.78 is 2.24. The van der Waals surface area contributed by atoms with Gasteiger partial charge in [-0.15, -0.1) is 0 Å². The number of fused-ring (bicyclic) bond motifs is 2. The van der Waals surface area contributed by atoms with E-state index in [4.69, 9.17) is 5.73 Å². The van der Waals surface area contributed by atoms with Crippen molar-refractivity contribution in [2.24, 2.45) is 0 Å². The molecule has 0 amide bonds. The Bertz CT molecular complexity index is 978. The lowest BCUT2D eigenvalue weighted by atomic mass is 9.83. The number of anilines is 1. The molecule has 0 bridgehead atoms. The monoisotopic (exact) mass is 471 g/mol. The van der Waals surface area contributed by atoms with Crippen LogP contribution in [0.25, 0.3) is 0 Å². The lowest BCUT2D eigenvalue weighted by Gasteiger charge is -2.18. The first-order valence-electron chi connectivity index (χ1n) is 7.88. The lowest BCUT2D eigenvalue weighted by molar-refractivity contribution is 0.0979. The predicted molar refractivity (Wildman–Crippen MR) is 111 cm³/mol. The smallest absolute Gasteiger partial charge is 0.196 e. The molecule has 130 valence electrons. The summed E-state index contributed by atoms with van der Waals surface area (Å²) in [7, 11) is 0. The number of aryl methyl sites for hydroxylation is 1. The van der Waals surface area contributed by atoms with Crippen molar-refractivity contribution in [3.63, 3.8) is 0 Å². The average Bonchev–Trinajstić information content (AvgIpc) is 2.59. The molecule has 0 aliphatic heterocycles. The number of halogens is 2. The number of benzene rings is 3. The van der Waals surface area contributed by atoms with Crippen molar-refractivity contribution in [1.29, 1.82) is 0 Å². The minimum atomic E-state index is -0.173. The summed E-state index contributed by atoms with van der Waals surface area (Å²) in [4.78, 5) is 24.4. The van der Waals surface area contributed by atoms with Crippen molar-refractivity contribution in [3.05, 3.63) is 97.4 Å². The fraction of sp³-hybridized carbons (Fsp3) is 0.0476. The van der Waals surface area contributed by atoms with Gasteiger partial charge in [0.15, 0.2) is 11.6 Å². The number of hydrogen-bond acceptors (Lipinski definition) is 3. The van der Waals surface area contributed by atoms with Crippen LogP contribution in [0.15, 0.2) is 69.6 Å². The molecule has 1 aliphatic carbocycles. The van der Waals surface area contributed by atoms with Crippen LogP contribution in [0.5, 0.6) is 0 Å². The summed E-state index contributed by atoms with van der Waals surface area (Å²) in [6.45, 7) is 2.06. The zero-order chi connectivity index (χ0) is 18.8. The molecular weight excluding hydrogens is 458 g/mol. The third-order valence-corrected chi connectivity index (χ3v) is 4.91. The molecule has 0 heterocycles. The zero-order valence-electron chi connectivity index (χ0n) is 13.9. The number of carbonyl (C=O) groups is 2. The lowest BCUT2D eigenvalue weighted by Crippen LogP contribution is -2.22. The standard InChI is InChI=1S/C14H9NO2.C7H6Br2/c15-11-7-3-6-10-12(11)14(17)9-5-2-1-4-8(9)13(10)16;1-5-2-6(8)4-7(9)3-5/h1-7H,15H2;2-4H,1H3. The van der Waals surface area contributed by atoms with Gasteiger partial charge in [-0.25, -0.2) is 0 Å². The molecule has 0 saturated heterocycles. The number of carbonyl (C=O) groups excluding carboxylic acids is 2. The molecule has 0 atom stereocenters. The van der Waals surface area contributed by atoms with Gasteiger partial charge in [0.2, 0.25) is 0 Å². The van der Waals surface area contributed by atoms with Crippen LogP contribution >= 0.6 is 31.9 Å². The van der Waals surface area contributed by atoms with Crippen molar-refractivity contribution in [2.45, 2.75) is 6.92 Å². The molecule has 3 aromatic carbocycles. The molecule has 0 radical (unpaired) electrons. The Balaban J connectivity index is 0.000000185. The highest BCUT2D eigenvalue weighted by molar-refractivity contribution is 9.11. The fourth-order valence-corrected chi connectivity index (χ4v) is 4.39. The SMILES string of the molecule is Cc1cc(Br)cc(Br)c1.Nc1cccc2c1C(=O)c1ccccc1C2=O. The van der Waals surface area contributed by atoms with E-state index >= 15 is 0 Å². The minimum Gasteiger partial charge on any atom is -0.398 e. The molecule has 4 rings (SSSR count). The Hall–Kier alpha value is -2.24. The van der Waals surface area contributed by atoms with Crippen molar-refractivity contribution in [2.75, 3.05) is 5.73 Å². The van der Waals surface area contributed by atoms with E-state index in [-0.39, 0.29) is 11.6 Å². The van der Waals surface area contributed by atoms with Crippen LogP contribution in [0.1, 0.15) is 37.4 Å². The van der Waals surface area contributed by atoms with Gasteiger partial charge in [-0.05, 0) is 36.8 Å². The van der Waals surface area contributed by atoms with Crippen LogP contribution in [0.4, 0.5) is 5.69 Å². The number of nitrogens with two attached hydrogens (primary N) is 1. The maximum absolute atomic E-state index is 12.2. The van der Waals surface area contributed by atoms with Crippen LogP contribution in [-0.4, -0.2) is 11.6 Å². The van der Waals surface area contributed by atoms with Crippen LogP contribution in [0, 0.1) is 6.92 Å². The van der Waals surface area contributed by atoms with E-state index in [1.54, 1.807) is 42.5 Å². The highest BCUT2D eigenvalue weighted by atomic mass is 79.9. The molecule has 3 aromatic rings. The molecule has 0 saturated carbocycles. The van der Waals surface area contributed by atoms with Gasteiger partial charge in [-0.1, -0.05) is 68.3 Å². The van der Waals surface area contributed by atoms with Crippen LogP contribution in [0.3, 0.4) is 0 Å². The summed E-state index contributed by atoms with van der Waals surface area (Å²) in [5.74, 6) is -0.309. The number of ketones is 2. The highest BCUT2D eigenvalue weighted by Crippen LogP contribution is 2.30. The van der Waals surface area contributed by atoms with E-state index in [1.165, 1.54) is 5.56 Å².